The van der Waals surface area contributed by atoms with E-state index in [1.54, 1.807) is 11.1 Å². The number of unbranched alkanes of at least 4 members (excludes halogenated alkanes) is 12. The van der Waals surface area contributed by atoms with Gasteiger partial charge in [-0.05, 0) is 107 Å². The fourth-order valence-corrected chi connectivity index (χ4v) is 7.00. The van der Waals surface area contributed by atoms with Gasteiger partial charge in [0.05, 0.1) is 0 Å². The molecule has 0 N–H and O–H groups in total. The van der Waals surface area contributed by atoms with Gasteiger partial charge in [-0.15, -0.1) is 0 Å². The first-order valence-corrected chi connectivity index (χ1v) is 21.7. The monoisotopic (exact) mass is 675 g/mol. The Morgan fingerprint density at radius 1 is 0.449 bits per heavy atom. The standard InChI is InChI=1S/C49H86/c1-8-15-22-28-32-34-40-46(39-33-29-23-16-9-2)47(41-35-30-24-17-10-3)48(42-36-31-25-18-11-4)49(43-21-14-7,44-37-26-19-12-5)45-38-27-20-13-6/h19,23,26-27,29-30,34-36,38,40,42,48H,8-18,20-22,24-25,28,31-33,37,39,41,43-45H2,1-7H3/b26-19?,29-23?,35-30?,38-27?,40-34+,42-36+,47-46-. The summed E-state index contributed by atoms with van der Waals surface area (Å²) in [5, 5.41) is 0. The second-order valence-corrected chi connectivity index (χ2v) is 14.7. The lowest BCUT2D eigenvalue weighted by molar-refractivity contribution is 0.180. The first-order valence-electron chi connectivity index (χ1n) is 21.7. The Labute approximate surface area is 309 Å². The van der Waals surface area contributed by atoms with Gasteiger partial charge in [0, 0.05) is 5.92 Å². The maximum Gasteiger partial charge on any atom is 0.00452 e. The van der Waals surface area contributed by atoms with Gasteiger partial charge in [-0.3, -0.25) is 0 Å². The second-order valence-electron chi connectivity index (χ2n) is 14.7. The molecular formula is C49H86. The lowest BCUT2D eigenvalue weighted by Crippen LogP contribution is -2.31. The van der Waals surface area contributed by atoms with Gasteiger partial charge in [0.2, 0.25) is 0 Å². The number of hydrogen-bond donors (Lipinski definition) is 0. The van der Waals surface area contributed by atoms with Crippen LogP contribution in [0.3, 0.4) is 0 Å². The van der Waals surface area contributed by atoms with Crippen LogP contribution in [0.5, 0.6) is 0 Å². The molecule has 0 bridgehead atoms. The van der Waals surface area contributed by atoms with Crippen molar-refractivity contribution >= 4 is 0 Å². The summed E-state index contributed by atoms with van der Waals surface area (Å²) >= 11 is 0. The lowest BCUT2D eigenvalue weighted by atomic mass is 9.62. The summed E-state index contributed by atoms with van der Waals surface area (Å²) in [5.74, 6) is 0.456. The SMILES string of the molecule is CCC=CCCC(CC=CCCC)(CCCC)C(/C=C/CCCCC)/C(CC=CCCCC)=C(\C=C\CCCCCC)CCC=CCCC. The van der Waals surface area contributed by atoms with E-state index in [-0.39, 0.29) is 5.41 Å². The minimum absolute atomic E-state index is 0.227. The van der Waals surface area contributed by atoms with Crippen LogP contribution in [0.25, 0.3) is 0 Å². The zero-order chi connectivity index (χ0) is 36.1. The highest BCUT2D eigenvalue weighted by atomic mass is 14.4. The molecule has 0 aliphatic heterocycles. The maximum atomic E-state index is 2.74. The summed E-state index contributed by atoms with van der Waals surface area (Å²) < 4.78 is 0. The van der Waals surface area contributed by atoms with Gasteiger partial charge >= 0.3 is 0 Å². The molecule has 0 saturated heterocycles. The average Bonchev–Trinajstić information content (AvgIpc) is 3.11. The van der Waals surface area contributed by atoms with E-state index < -0.39 is 0 Å². The first-order chi connectivity index (χ1) is 24.1. The molecule has 0 aromatic rings. The summed E-state index contributed by atoms with van der Waals surface area (Å²) in [6.45, 7) is 16.2. The van der Waals surface area contributed by atoms with Crippen molar-refractivity contribution in [3.05, 3.63) is 84.1 Å². The van der Waals surface area contributed by atoms with E-state index in [4.69, 9.17) is 0 Å². The highest BCUT2D eigenvalue weighted by Gasteiger charge is 2.37. The number of allylic oxidation sites excluding steroid dienone is 14. The summed E-state index contributed by atoms with van der Waals surface area (Å²) in [6.07, 6.45) is 62.7. The van der Waals surface area contributed by atoms with Gasteiger partial charge in [-0.1, -0.05) is 198 Å². The molecule has 0 aromatic heterocycles. The highest BCUT2D eigenvalue weighted by Crippen LogP contribution is 2.49. The van der Waals surface area contributed by atoms with E-state index in [0.717, 1.165) is 25.7 Å². The van der Waals surface area contributed by atoms with Crippen LogP contribution < -0.4 is 0 Å². The molecule has 0 radical (unpaired) electrons. The van der Waals surface area contributed by atoms with E-state index >= 15 is 0 Å². The van der Waals surface area contributed by atoms with E-state index in [2.05, 4.69) is 121 Å². The number of hydrogen-bond acceptors (Lipinski definition) is 0. The summed E-state index contributed by atoms with van der Waals surface area (Å²) in [7, 11) is 0. The highest BCUT2D eigenvalue weighted by molar-refractivity contribution is 5.34. The van der Waals surface area contributed by atoms with Crippen LogP contribution in [-0.4, -0.2) is 0 Å². The second kappa shape index (κ2) is 36.0. The van der Waals surface area contributed by atoms with E-state index in [1.165, 1.54) is 141 Å². The minimum atomic E-state index is 0.227. The molecule has 2 atom stereocenters. The van der Waals surface area contributed by atoms with Crippen LogP contribution in [0.1, 0.15) is 215 Å². The molecular weight excluding hydrogens is 589 g/mol. The van der Waals surface area contributed by atoms with Crippen LogP contribution in [0.2, 0.25) is 0 Å². The zero-order valence-electron chi connectivity index (χ0n) is 34.4. The Kier molecular flexibility index (Phi) is 34.7. The van der Waals surface area contributed by atoms with Gasteiger partial charge < -0.3 is 0 Å². The Hall–Kier alpha value is -1.82. The van der Waals surface area contributed by atoms with E-state index in [9.17, 15) is 0 Å². The molecule has 0 spiro atoms. The van der Waals surface area contributed by atoms with E-state index in [1.807, 2.05) is 0 Å². The van der Waals surface area contributed by atoms with Crippen molar-refractivity contribution in [3.63, 3.8) is 0 Å². The topological polar surface area (TPSA) is 0 Å². The summed E-state index contributed by atoms with van der Waals surface area (Å²) in [5.41, 5.74) is 3.57. The summed E-state index contributed by atoms with van der Waals surface area (Å²) in [6, 6.07) is 0. The van der Waals surface area contributed by atoms with Crippen molar-refractivity contribution in [2.45, 2.75) is 215 Å². The molecule has 0 saturated carbocycles. The minimum Gasteiger partial charge on any atom is -0.0888 e. The van der Waals surface area contributed by atoms with Crippen LogP contribution in [-0.2, 0) is 0 Å². The molecule has 0 heterocycles. The van der Waals surface area contributed by atoms with Gasteiger partial charge in [-0.25, -0.2) is 0 Å². The van der Waals surface area contributed by atoms with Crippen molar-refractivity contribution in [2.75, 3.05) is 0 Å². The largest absolute Gasteiger partial charge is 0.0888 e. The number of rotatable bonds is 34. The third-order valence-corrected chi connectivity index (χ3v) is 10.1. The quantitative estimate of drug-likeness (QED) is 0.0362. The van der Waals surface area contributed by atoms with Crippen molar-refractivity contribution < 1.29 is 0 Å². The predicted molar refractivity (Wildman–Crippen MR) is 228 cm³/mol. The molecule has 0 aliphatic carbocycles. The van der Waals surface area contributed by atoms with Gasteiger partial charge in [0.15, 0.2) is 0 Å². The van der Waals surface area contributed by atoms with Crippen LogP contribution in [0, 0.1) is 11.3 Å². The fraction of sp³-hybridized carbons (Fsp3) is 0.714. The maximum absolute atomic E-state index is 2.74. The van der Waals surface area contributed by atoms with Gasteiger partial charge in [0.25, 0.3) is 0 Å². The fourth-order valence-electron chi connectivity index (χ4n) is 7.00. The summed E-state index contributed by atoms with van der Waals surface area (Å²) in [4.78, 5) is 0. The Balaban J connectivity index is 7.50. The Bertz CT molecular complexity index is 918. The molecule has 49 heavy (non-hydrogen) atoms. The Morgan fingerprint density at radius 3 is 1.73 bits per heavy atom. The molecule has 0 heteroatoms. The van der Waals surface area contributed by atoms with Crippen LogP contribution in [0.15, 0.2) is 84.1 Å². The third-order valence-electron chi connectivity index (χ3n) is 10.1. The van der Waals surface area contributed by atoms with Gasteiger partial charge in [0.1, 0.15) is 0 Å². The third kappa shape index (κ3) is 24.9. The van der Waals surface area contributed by atoms with Crippen molar-refractivity contribution in [1.82, 2.24) is 0 Å². The molecule has 282 valence electrons. The van der Waals surface area contributed by atoms with Crippen molar-refractivity contribution in [3.8, 4) is 0 Å². The molecule has 0 rings (SSSR count). The predicted octanol–water partition coefficient (Wildman–Crippen LogP) is 17.5. The molecule has 0 amide bonds. The molecule has 0 nitrogen and oxygen atoms in total. The van der Waals surface area contributed by atoms with Crippen LogP contribution in [0.4, 0.5) is 0 Å². The first kappa shape index (κ1) is 47.2. The van der Waals surface area contributed by atoms with Crippen molar-refractivity contribution in [2.24, 2.45) is 11.3 Å². The smallest absolute Gasteiger partial charge is 0.00452 e. The lowest BCUT2D eigenvalue weighted by Gasteiger charge is -2.42. The Morgan fingerprint density at radius 2 is 1.04 bits per heavy atom. The normalized spacial score (nSPS) is 15.2. The van der Waals surface area contributed by atoms with E-state index in [0.29, 0.717) is 5.92 Å². The zero-order valence-corrected chi connectivity index (χ0v) is 34.4. The van der Waals surface area contributed by atoms with Gasteiger partial charge in [-0.2, -0.15) is 0 Å². The van der Waals surface area contributed by atoms with Crippen LogP contribution >= 0.6 is 0 Å². The average molecular weight is 675 g/mol. The molecule has 0 aliphatic rings. The molecule has 0 aromatic carbocycles. The molecule has 0 fully saturated rings. The van der Waals surface area contributed by atoms with Crippen molar-refractivity contribution in [1.29, 1.82) is 0 Å². The molecule has 2 unspecified atom stereocenters.